The highest BCUT2D eigenvalue weighted by Crippen LogP contribution is 2.29. The molecule has 2 rings (SSSR count). The lowest BCUT2D eigenvalue weighted by Gasteiger charge is -2.12. The Bertz CT molecular complexity index is 677. The second-order valence-electron chi connectivity index (χ2n) is 5.09. The molecule has 0 aromatic carbocycles. The van der Waals surface area contributed by atoms with Crippen LogP contribution < -0.4 is 16.2 Å². The fourth-order valence-electron chi connectivity index (χ4n) is 1.72. The standard InChI is InChI=1S/C13H19N5O2S/c1-7(2)18-12(19)16-17-13(18)21-10-6-5-9(14)11(15-10)20-8(3)4/h5-8H,14H2,1-4H3,(H,16,19). The summed E-state index contributed by atoms with van der Waals surface area (Å²) in [6.45, 7) is 7.66. The van der Waals surface area contributed by atoms with E-state index in [1.165, 1.54) is 11.8 Å². The van der Waals surface area contributed by atoms with Crippen molar-refractivity contribution >= 4 is 17.4 Å². The minimum Gasteiger partial charge on any atom is -0.473 e. The first-order valence-electron chi connectivity index (χ1n) is 6.66. The van der Waals surface area contributed by atoms with Gasteiger partial charge in [-0.05, 0) is 51.6 Å². The normalized spacial score (nSPS) is 11.3. The number of rotatable bonds is 5. The lowest BCUT2D eigenvalue weighted by atomic mass is 10.4. The highest BCUT2D eigenvalue weighted by atomic mass is 32.2. The molecule has 0 saturated carbocycles. The van der Waals surface area contributed by atoms with Crippen molar-refractivity contribution in [2.45, 2.75) is 50.0 Å². The first-order valence-corrected chi connectivity index (χ1v) is 7.48. The van der Waals surface area contributed by atoms with Gasteiger partial charge in [0.2, 0.25) is 5.88 Å². The van der Waals surface area contributed by atoms with Gasteiger partial charge >= 0.3 is 5.69 Å². The van der Waals surface area contributed by atoms with Gasteiger partial charge in [0.1, 0.15) is 5.03 Å². The van der Waals surface area contributed by atoms with Crippen molar-refractivity contribution in [3.8, 4) is 5.88 Å². The maximum Gasteiger partial charge on any atom is 0.344 e. The second-order valence-corrected chi connectivity index (χ2v) is 6.08. The van der Waals surface area contributed by atoms with Crippen molar-refractivity contribution in [2.75, 3.05) is 5.73 Å². The molecule has 0 amide bonds. The van der Waals surface area contributed by atoms with Crippen LogP contribution in [0.2, 0.25) is 0 Å². The molecule has 114 valence electrons. The number of nitrogens with two attached hydrogens (primary N) is 1. The molecule has 0 aliphatic rings. The van der Waals surface area contributed by atoms with E-state index in [9.17, 15) is 4.79 Å². The van der Waals surface area contributed by atoms with Gasteiger partial charge in [-0.1, -0.05) is 0 Å². The van der Waals surface area contributed by atoms with Gasteiger partial charge in [0.25, 0.3) is 0 Å². The number of aromatic nitrogens is 4. The summed E-state index contributed by atoms with van der Waals surface area (Å²) in [5.74, 6) is 0.393. The van der Waals surface area contributed by atoms with Crippen molar-refractivity contribution < 1.29 is 4.74 Å². The molecule has 0 spiro atoms. The van der Waals surface area contributed by atoms with E-state index < -0.39 is 0 Å². The Kier molecular flexibility index (Phi) is 4.56. The lowest BCUT2D eigenvalue weighted by Crippen LogP contribution is -2.19. The van der Waals surface area contributed by atoms with Crippen LogP contribution in [-0.2, 0) is 0 Å². The third-order valence-electron chi connectivity index (χ3n) is 2.60. The Morgan fingerprint density at radius 2 is 2.05 bits per heavy atom. The molecule has 2 aromatic rings. The highest BCUT2D eigenvalue weighted by molar-refractivity contribution is 7.99. The molecule has 0 aliphatic carbocycles. The van der Waals surface area contributed by atoms with Gasteiger partial charge in [0.15, 0.2) is 5.16 Å². The summed E-state index contributed by atoms with van der Waals surface area (Å²) in [5.41, 5.74) is 6.09. The molecule has 8 heteroatoms. The summed E-state index contributed by atoms with van der Waals surface area (Å²) in [6, 6.07) is 3.52. The van der Waals surface area contributed by atoms with Crippen molar-refractivity contribution in [2.24, 2.45) is 0 Å². The number of ether oxygens (including phenoxy) is 1. The van der Waals surface area contributed by atoms with Crippen molar-refractivity contribution in [1.82, 2.24) is 19.7 Å². The van der Waals surface area contributed by atoms with Crippen LogP contribution in [0.1, 0.15) is 33.7 Å². The average molecular weight is 309 g/mol. The Balaban J connectivity index is 2.30. The zero-order chi connectivity index (χ0) is 15.6. The smallest absolute Gasteiger partial charge is 0.344 e. The summed E-state index contributed by atoms with van der Waals surface area (Å²) in [5, 5.41) is 7.70. The molecule has 0 aliphatic heterocycles. The first-order chi connectivity index (χ1) is 9.88. The predicted octanol–water partition coefficient (Wildman–Crippen LogP) is 2.07. The molecular formula is C13H19N5O2S. The molecule has 3 N–H and O–H groups in total. The van der Waals surface area contributed by atoms with Gasteiger partial charge < -0.3 is 10.5 Å². The molecule has 0 unspecified atom stereocenters. The van der Waals surface area contributed by atoms with E-state index >= 15 is 0 Å². The largest absolute Gasteiger partial charge is 0.473 e. The van der Waals surface area contributed by atoms with E-state index in [1.54, 1.807) is 16.7 Å². The van der Waals surface area contributed by atoms with Gasteiger partial charge in [0.05, 0.1) is 11.8 Å². The van der Waals surface area contributed by atoms with Crippen LogP contribution in [0.25, 0.3) is 0 Å². The molecular weight excluding hydrogens is 290 g/mol. The van der Waals surface area contributed by atoms with Crippen molar-refractivity contribution in [3.63, 3.8) is 0 Å². The molecule has 21 heavy (non-hydrogen) atoms. The van der Waals surface area contributed by atoms with Crippen LogP contribution in [0.15, 0.2) is 27.1 Å². The fourth-order valence-corrected chi connectivity index (χ4v) is 2.65. The molecule has 7 nitrogen and oxygen atoms in total. The number of hydrogen-bond donors (Lipinski definition) is 2. The molecule has 2 heterocycles. The van der Waals surface area contributed by atoms with Gasteiger partial charge in [-0.15, -0.1) is 5.10 Å². The maximum absolute atomic E-state index is 11.7. The van der Waals surface area contributed by atoms with Crippen molar-refractivity contribution in [1.29, 1.82) is 0 Å². The third-order valence-corrected chi connectivity index (χ3v) is 3.50. The minimum atomic E-state index is -0.235. The van der Waals surface area contributed by atoms with Crippen molar-refractivity contribution in [3.05, 3.63) is 22.6 Å². The SMILES string of the molecule is CC(C)Oc1nc(Sc2n[nH]c(=O)n2C(C)C)ccc1N. The van der Waals surface area contributed by atoms with Crippen LogP contribution in [0.5, 0.6) is 5.88 Å². The Labute approximate surface area is 126 Å². The first kappa shape index (κ1) is 15.4. The van der Waals surface area contributed by atoms with Crippen LogP contribution in [-0.4, -0.2) is 25.9 Å². The Morgan fingerprint density at radius 3 is 2.67 bits per heavy atom. The number of H-pyrrole nitrogens is 1. The topological polar surface area (TPSA) is 98.8 Å². The summed E-state index contributed by atoms with van der Waals surface area (Å²) in [7, 11) is 0. The fraction of sp³-hybridized carbons (Fsp3) is 0.462. The van der Waals surface area contributed by atoms with E-state index in [-0.39, 0.29) is 17.8 Å². The van der Waals surface area contributed by atoms with E-state index in [2.05, 4.69) is 15.2 Å². The molecule has 0 atom stereocenters. The van der Waals surface area contributed by atoms with E-state index in [1.807, 2.05) is 27.7 Å². The monoisotopic (exact) mass is 309 g/mol. The summed E-state index contributed by atoms with van der Waals surface area (Å²) < 4.78 is 7.14. The van der Waals surface area contributed by atoms with Crippen LogP contribution in [0.4, 0.5) is 5.69 Å². The van der Waals surface area contributed by atoms with Gasteiger partial charge in [0, 0.05) is 6.04 Å². The number of nitrogen functional groups attached to an aromatic ring is 1. The Hall–Kier alpha value is -1.96. The summed E-state index contributed by atoms with van der Waals surface area (Å²) >= 11 is 1.29. The second kappa shape index (κ2) is 6.21. The van der Waals surface area contributed by atoms with Gasteiger partial charge in [-0.25, -0.2) is 14.9 Å². The summed E-state index contributed by atoms with van der Waals surface area (Å²) in [4.78, 5) is 16.1. The molecule has 2 aromatic heterocycles. The number of pyridine rings is 1. The Morgan fingerprint density at radius 1 is 1.33 bits per heavy atom. The van der Waals surface area contributed by atoms with Gasteiger partial charge in [-0.2, -0.15) is 0 Å². The van der Waals surface area contributed by atoms with E-state index in [0.29, 0.717) is 21.7 Å². The molecule has 0 saturated heterocycles. The van der Waals surface area contributed by atoms with Gasteiger partial charge in [-0.3, -0.25) is 4.57 Å². The number of hydrogen-bond acceptors (Lipinski definition) is 6. The van der Waals surface area contributed by atoms with E-state index in [0.717, 1.165) is 0 Å². The number of anilines is 1. The van der Waals surface area contributed by atoms with Crippen LogP contribution in [0.3, 0.4) is 0 Å². The molecule has 0 bridgehead atoms. The van der Waals surface area contributed by atoms with E-state index in [4.69, 9.17) is 10.5 Å². The number of nitrogens with zero attached hydrogens (tertiary/aromatic N) is 3. The lowest BCUT2D eigenvalue weighted by molar-refractivity contribution is 0.232. The zero-order valence-corrected chi connectivity index (χ0v) is 13.3. The zero-order valence-electron chi connectivity index (χ0n) is 12.5. The van der Waals surface area contributed by atoms with Crippen LogP contribution in [0, 0.1) is 0 Å². The summed E-state index contributed by atoms with van der Waals surface area (Å²) in [6.07, 6.45) is -0.0146. The third kappa shape index (κ3) is 3.57. The predicted molar refractivity (Wildman–Crippen MR) is 81.8 cm³/mol. The maximum atomic E-state index is 11.7. The highest BCUT2D eigenvalue weighted by Gasteiger charge is 2.14. The number of nitrogens with one attached hydrogen (secondary N) is 1. The van der Waals surface area contributed by atoms with Crippen LogP contribution >= 0.6 is 11.8 Å². The molecule has 0 fully saturated rings. The molecule has 0 radical (unpaired) electrons. The minimum absolute atomic E-state index is 0.0129. The quantitative estimate of drug-likeness (QED) is 0.877. The average Bonchev–Trinajstić information content (AvgIpc) is 2.74. The number of aromatic amines is 1.